The van der Waals surface area contributed by atoms with Crippen LogP contribution in [-0.2, 0) is 11.3 Å². The van der Waals surface area contributed by atoms with Crippen LogP contribution in [-0.4, -0.2) is 31.9 Å². The Hall–Kier alpha value is -3.26. The van der Waals surface area contributed by atoms with E-state index in [0.717, 1.165) is 15.6 Å². The molecule has 1 amide bonds. The molecule has 4 rings (SSSR count). The van der Waals surface area contributed by atoms with Gasteiger partial charge in [-0.25, -0.2) is 0 Å². The van der Waals surface area contributed by atoms with Crippen LogP contribution in [0.4, 0.5) is 0 Å². The van der Waals surface area contributed by atoms with Crippen LogP contribution in [0.25, 0.3) is 0 Å². The normalized spacial score (nSPS) is 21.1. The standard InChI is InChI=1S/C23H20BrN3O4/c24-18-3-1-2-17(12-18)20-13-21(29)26(14-15-8-10-25-11-9-15)22(23(20)27(30)31)16-4-6-19(28)7-5-16/h1-12,20,22-23,28H,13-14H2/t20?,22-,23+/m1/s1. The molecule has 7 nitrogen and oxygen atoms in total. The molecule has 0 aliphatic carbocycles. The van der Waals surface area contributed by atoms with Crippen molar-refractivity contribution in [2.45, 2.75) is 31.0 Å². The molecular formula is C23H20BrN3O4. The molecule has 0 saturated carbocycles. The number of carbonyl (C=O) groups excluding carboxylic acids is 1. The summed E-state index contributed by atoms with van der Waals surface area (Å²) in [4.78, 5) is 31.0. The molecular weight excluding hydrogens is 462 g/mol. The first-order chi connectivity index (χ1) is 14.9. The minimum Gasteiger partial charge on any atom is -0.508 e. The molecule has 0 bridgehead atoms. The molecule has 8 heteroatoms. The lowest BCUT2D eigenvalue weighted by molar-refractivity contribution is -0.537. The number of halogens is 1. The van der Waals surface area contributed by atoms with E-state index in [0.29, 0.717) is 5.56 Å². The van der Waals surface area contributed by atoms with Crippen LogP contribution in [0.5, 0.6) is 5.75 Å². The number of hydrogen-bond acceptors (Lipinski definition) is 5. The number of aromatic nitrogens is 1. The Labute approximate surface area is 187 Å². The molecule has 1 saturated heterocycles. The molecule has 1 aromatic heterocycles. The average Bonchev–Trinajstić information content (AvgIpc) is 2.76. The number of nitro groups is 1. The fourth-order valence-corrected chi connectivity index (χ4v) is 4.64. The maximum Gasteiger partial charge on any atom is 0.244 e. The number of nitrogens with zero attached hydrogens (tertiary/aromatic N) is 3. The zero-order chi connectivity index (χ0) is 22.0. The van der Waals surface area contributed by atoms with Gasteiger partial charge in [0.15, 0.2) is 0 Å². The molecule has 3 aromatic rings. The van der Waals surface area contributed by atoms with Crippen LogP contribution in [0, 0.1) is 10.1 Å². The molecule has 1 aliphatic heterocycles. The van der Waals surface area contributed by atoms with Gasteiger partial charge >= 0.3 is 0 Å². The molecule has 2 aromatic carbocycles. The van der Waals surface area contributed by atoms with E-state index in [4.69, 9.17) is 0 Å². The fraction of sp³-hybridized carbons (Fsp3) is 0.217. The second kappa shape index (κ2) is 8.85. The summed E-state index contributed by atoms with van der Waals surface area (Å²) in [7, 11) is 0. The third kappa shape index (κ3) is 4.44. The second-order valence-corrected chi connectivity index (χ2v) is 8.47. The molecule has 1 aliphatic rings. The third-order valence-electron chi connectivity index (χ3n) is 5.64. The quantitative estimate of drug-likeness (QED) is 0.428. The van der Waals surface area contributed by atoms with E-state index >= 15 is 0 Å². The first-order valence-electron chi connectivity index (χ1n) is 9.80. The molecule has 2 heterocycles. The highest BCUT2D eigenvalue weighted by molar-refractivity contribution is 9.10. The first kappa shape index (κ1) is 21.0. The van der Waals surface area contributed by atoms with Crippen LogP contribution in [0.3, 0.4) is 0 Å². The largest absolute Gasteiger partial charge is 0.508 e. The molecule has 0 spiro atoms. The van der Waals surface area contributed by atoms with Crippen LogP contribution in [0.1, 0.15) is 35.1 Å². The van der Waals surface area contributed by atoms with Gasteiger partial charge in [0.05, 0.1) is 5.92 Å². The number of piperidine rings is 1. The SMILES string of the molecule is O=C1CC(c2cccc(Br)c2)[C@H]([N+](=O)[O-])[C@@H](c2ccc(O)cc2)N1Cc1ccncc1. The number of aromatic hydroxyl groups is 1. The van der Waals surface area contributed by atoms with E-state index in [2.05, 4.69) is 20.9 Å². The van der Waals surface area contributed by atoms with Crippen molar-refractivity contribution in [3.8, 4) is 5.75 Å². The second-order valence-electron chi connectivity index (χ2n) is 7.56. The average molecular weight is 482 g/mol. The maximum absolute atomic E-state index is 13.3. The van der Waals surface area contributed by atoms with Gasteiger partial charge in [0, 0.05) is 34.8 Å². The number of rotatable bonds is 5. The number of benzene rings is 2. The van der Waals surface area contributed by atoms with E-state index < -0.39 is 18.0 Å². The number of pyridine rings is 1. The summed E-state index contributed by atoms with van der Waals surface area (Å²) in [6.07, 6.45) is 3.31. The van der Waals surface area contributed by atoms with Crippen molar-refractivity contribution in [2.75, 3.05) is 0 Å². The summed E-state index contributed by atoms with van der Waals surface area (Å²) in [6, 6.07) is 15.4. The van der Waals surface area contributed by atoms with Crippen molar-refractivity contribution >= 4 is 21.8 Å². The monoisotopic (exact) mass is 481 g/mol. The van der Waals surface area contributed by atoms with Crippen molar-refractivity contribution < 1.29 is 14.8 Å². The molecule has 158 valence electrons. The van der Waals surface area contributed by atoms with Gasteiger partial charge in [-0.1, -0.05) is 40.2 Å². The van der Waals surface area contributed by atoms with Crippen molar-refractivity contribution in [3.05, 3.63) is 104 Å². The summed E-state index contributed by atoms with van der Waals surface area (Å²) >= 11 is 3.43. The van der Waals surface area contributed by atoms with Crippen molar-refractivity contribution in [1.29, 1.82) is 0 Å². The number of phenols is 1. The van der Waals surface area contributed by atoms with Gasteiger partial charge in [0.2, 0.25) is 11.9 Å². The van der Waals surface area contributed by atoms with Crippen LogP contribution in [0.15, 0.2) is 77.5 Å². The number of hydrogen-bond donors (Lipinski definition) is 1. The number of phenolic OH excluding ortho intramolecular Hbond substituents is 1. The van der Waals surface area contributed by atoms with Gasteiger partial charge in [-0.05, 0) is 53.1 Å². The number of carbonyl (C=O) groups is 1. The predicted octanol–water partition coefficient (Wildman–Crippen LogP) is 4.45. The van der Waals surface area contributed by atoms with Gasteiger partial charge in [0.25, 0.3) is 0 Å². The van der Waals surface area contributed by atoms with Crippen LogP contribution >= 0.6 is 15.9 Å². The van der Waals surface area contributed by atoms with E-state index in [-0.39, 0.29) is 29.5 Å². The maximum atomic E-state index is 13.3. The Kier molecular flexibility index (Phi) is 5.99. The third-order valence-corrected chi connectivity index (χ3v) is 6.14. The molecule has 1 N–H and O–H groups in total. The van der Waals surface area contributed by atoms with E-state index in [1.54, 1.807) is 41.6 Å². The Morgan fingerprint density at radius 3 is 2.45 bits per heavy atom. The Bertz CT molecular complexity index is 1090. The topological polar surface area (TPSA) is 96.6 Å². The zero-order valence-electron chi connectivity index (χ0n) is 16.5. The Balaban J connectivity index is 1.82. The summed E-state index contributed by atoms with van der Waals surface area (Å²) in [5, 5.41) is 22.1. The Morgan fingerprint density at radius 1 is 1.10 bits per heavy atom. The number of likely N-dealkylation sites (tertiary alicyclic amines) is 1. The smallest absolute Gasteiger partial charge is 0.244 e. The Morgan fingerprint density at radius 2 is 1.81 bits per heavy atom. The highest BCUT2D eigenvalue weighted by Gasteiger charge is 2.50. The van der Waals surface area contributed by atoms with Gasteiger partial charge in [-0.2, -0.15) is 0 Å². The van der Waals surface area contributed by atoms with Crippen LogP contribution < -0.4 is 0 Å². The van der Waals surface area contributed by atoms with Gasteiger partial charge in [-0.3, -0.25) is 19.9 Å². The lowest BCUT2D eigenvalue weighted by Gasteiger charge is -2.41. The van der Waals surface area contributed by atoms with Crippen molar-refractivity contribution in [2.24, 2.45) is 0 Å². The summed E-state index contributed by atoms with van der Waals surface area (Å²) in [6.45, 7) is 0.239. The molecule has 0 radical (unpaired) electrons. The highest BCUT2D eigenvalue weighted by atomic mass is 79.9. The van der Waals surface area contributed by atoms with Crippen LogP contribution in [0.2, 0.25) is 0 Å². The summed E-state index contributed by atoms with van der Waals surface area (Å²) < 4.78 is 0.806. The fourth-order valence-electron chi connectivity index (χ4n) is 4.22. The molecule has 1 fully saturated rings. The first-order valence-corrected chi connectivity index (χ1v) is 10.6. The van der Waals surface area contributed by atoms with Gasteiger partial charge in [-0.15, -0.1) is 0 Å². The summed E-state index contributed by atoms with van der Waals surface area (Å²) in [5.74, 6) is -0.668. The zero-order valence-corrected chi connectivity index (χ0v) is 18.1. The van der Waals surface area contributed by atoms with E-state index in [9.17, 15) is 20.0 Å². The minimum absolute atomic E-state index is 0.0434. The number of amides is 1. The minimum atomic E-state index is -1.04. The predicted molar refractivity (Wildman–Crippen MR) is 118 cm³/mol. The summed E-state index contributed by atoms with van der Waals surface area (Å²) in [5.41, 5.74) is 2.20. The molecule has 31 heavy (non-hydrogen) atoms. The molecule has 1 unspecified atom stereocenters. The van der Waals surface area contributed by atoms with Crippen molar-refractivity contribution in [1.82, 2.24) is 9.88 Å². The van der Waals surface area contributed by atoms with E-state index in [1.165, 1.54) is 12.1 Å². The highest BCUT2D eigenvalue weighted by Crippen LogP contribution is 2.43. The lowest BCUT2D eigenvalue weighted by atomic mass is 9.78. The van der Waals surface area contributed by atoms with Gasteiger partial charge < -0.3 is 10.0 Å². The molecule has 3 atom stereocenters. The lowest BCUT2D eigenvalue weighted by Crippen LogP contribution is -2.51. The van der Waals surface area contributed by atoms with Crippen molar-refractivity contribution in [3.63, 3.8) is 0 Å². The van der Waals surface area contributed by atoms with Gasteiger partial charge in [0.1, 0.15) is 11.8 Å². The van der Waals surface area contributed by atoms with E-state index in [1.807, 2.05) is 24.3 Å².